The first-order chi connectivity index (χ1) is 13.5. The van der Waals surface area contributed by atoms with E-state index >= 15 is 0 Å². The minimum Gasteiger partial charge on any atom is -0.349 e. The largest absolute Gasteiger partial charge is 0.349 e. The third-order valence-corrected chi connectivity index (χ3v) is 6.78. The normalized spacial score (nSPS) is 18.6. The number of carbonyl (C=O) groups excluding carboxylic acids is 1. The number of rotatable bonds is 6. The molecule has 0 spiro atoms. The van der Waals surface area contributed by atoms with Crippen molar-refractivity contribution < 1.29 is 13.2 Å². The Labute approximate surface area is 166 Å². The first kappa shape index (κ1) is 19.0. The van der Waals surface area contributed by atoms with Gasteiger partial charge in [-0.1, -0.05) is 18.2 Å². The van der Waals surface area contributed by atoms with Crippen molar-refractivity contribution in [2.75, 3.05) is 17.8 Å². The van der Waals surface area contributed by atoms with Crippen LogP contribution in [0.25, 0.3) is 0 Å². The van der Waals surface area contributed by atoms with Crippen molar-refractivity contribution in [1.29, 1.82) is 0 Å². The van der Waals surface area contributed by atoms with Gasteiger partial charge in [-0.15, -0.1) is 0 Å². The molecule has 1 amide bonds. The highest BCUT2D eigenvalue weighted by Gasteiger charge is 2.32. The average molecular weight is 400 g/mol. The van der Waals surface area contributed by atoms with Crippen molar-refractivity contribution in [3.63, 3.8) is 0 Å². The maximum Gasteiger partial charge on any atom is 0.261 e. The molecule has 0 atom stereocenters. The van der Waals surface area contributed by atoms with E-state index in [1.807, 2.05) is 0 Å². The molecular weight excluding hydrogens is 374 g/mol. The van der Waals surface area contributed by atoms with Crippen LogP contribution in [0.3, 0.4) is 0 Å². The summed E-state index contributed by atoms with van der Waals surface area (Å²) in [5.41, 5.74) is 0.963. The van der Waals surface area contributed by atoms with Crippen molar-refractivity contribution in [3.8, 4) is 0 Å². The van der Waals surface area contributed by atoms with Gasteiger partial charge < -0.3 is 10.2 Å². The minimum absolute atomic E-state index is 0.109. The van der Waals surface area contributed by atoms with Gasteiger partial charge >= 0.3 is 0 Å². The van der Waals surface area contributed by atoms with Gasteiger partial charge in [-0.3, -0.25) is 9.52 Å². The van der Waals surface area contributed by atoms with E-state index in [-0.39, 0.29) is 16.8 Å². The Hall–Kier alpha value is -2.38. The number of likely N-dealkylation sites (tertiary alicyclic amines) is 1. The molecule has 1 aliphatic carbocycles. The van der Waals surface area contributed by atoms with Crippen LogP contribution in [-0.2, 0) is 10.0 Å². The quantitative estimate of drug-likeness (QED) is 0.783. The molecule has 1 saturated heterocycles. The van der Waals surface area contributed by atoms with Gasteiger partial charge in [0, 0.05) is 36.4 Å². The Morgan fingerprint density at radius 3 is 2.14 bits per heavy atom. The second-order valence-electron chi connectivity index (χ2n) is 7.51. The molecular formula is C21H25N3O3S. The predicted molar refractivity (Wildman–Crippen MR) is 109 cm³/mol. The van der Waals surface area contributed by atoms with Gasteiger partial charge in [0.1, 0.15) is 0 Å². The lowest BCUT2D eigenvalue weighted by molar-refractivity contribution is 0.0909. The number of hydrogen-bond acceptors (Lipinski definition) is 4. The molecule has 2 aromatic carbocycles. The molecule has 7 heteroatoms. The molecule has 4 rings (SSSR count). The van der Waals surface area contributed by atoms with E-state index in [1.165, 1.54) is 12.8 Å². The zero-order valence-electron chi connectivity index (χ0n) is 15.7. The van der Waals surface area contributed by atoms with Crippen LogP contribution in [0.5, 0.6) is 0 Å². The van der Waals surface area contributed by atoms with Crippen LogP contribution >= 0.6 is 0 Å². The summed E-state index contributed by atoms with van der Waals surface area (Å²) in [6.45, 7) is 2.10. The number of amides is 1. The molecule has 1 aliphatic heterocycles. The summed E-state index contributed by atoms with van der Waals surface area (Å²) in [6, 6.07) is 15.7. The smallest absolute Gasteiger partial charge is 0.261 e. The first-order valence-electron chi connectivity index (χ1n) is 9.74. The van der Waals surface area contributed by atoms with Gasteiger partial charge in [-0.2, -0.15) is 0 Å². The van der Waals surface area contributed by atoms with Crippen molar-refractivity contribution >= 4 is 21.6 Å². The summed E-state index contributed by atoms with van der Waals surface area (Å²) in [6.07, 6.45) is 4.60. The number of sulfonamides is 1. The van der Waals surface area contributed by atoms with Gasteiger partial charge in [0.2, 0.25) is 0 Å². The van der Waals surface area contributed by atoms with Crippen LogP contribution < -0.4 is 10.0 Å². The Kier molecular flexibility index (Phi) is 5.37. The van der Waals surface area contributed by atoms with Crippen LogP contribution in [0.4, 0.5) is 5.69 Å². The molecule has 1 heterocycles. The van der Waals surface area contributed by atoms with Crippen LogP contribution in [0.15, 0.2) is 59.5 Å². The molecule has 0 radical (unpaired) electrons. The molecule has 0 unspecified atom stereocenters. The van der Waals surface area contributed by atoms with Crippen LogP contribution in [0.1, 0.15) is 36.0 Å². The second-order valence-corrected chi connectivity index (χ2v) is 9.19. The fourth-order valence-corrected chi connectivity index (χ4v) is 4.70. The zero-order valence-corrected chi connectivity index (χ0v) is 16.5. The summed E-state index contributed by atoms with van der Waals surface area (Å²) in [5, 5.41) is 3.10. The van der Waals surface area contributed by atoms with Crippen LogP contribution in [0, 0.1) is 0 Å². The van der Waals surface area contributed by atoms with E-state index in [9.17, 15) is 13.2 Å². The number of nitrogens with zero attached hydrogens (tertiary/aromatic N) is 1. The highest BCUT2D eigenvalue weighted by atomic mass is 32.2. The third-order valence-electron chi connectivity index (χ3n) is 5.38. The van der Waals surface area contributed by atoms with Crippen molar-refractivity contribution in [2.24, 2.45) is 0 Å². The highest BCUT2D eigenvalue weighted by molar-refractivity contribution is 7.92. The topological polar surface area (TPSA) is 78.5 Å². The Morgan fingerprint density at radius 2 is 1.54 bits per heavy atom. The maximum atomic E-state index is 12.5. The Balaban J connectivity index is 1.33. The molecule has 148 valence electrons. The van der Waals surface area contributed by atoms with Crippen molar-refractivity contribution in [1.82, 2.24) is 10.2 Å². The van der Waals surface area contributed by atoms with Gasteiger partial charge in [-0.05, 0) is 62.1 Å². The molecule has 1 saturated carbocycles. The summed E-state index contributed by atoms with van der Waals surface area (Å²) in [5.74, 6) is -0.109. The number of carbonyl (C=O) groups is 1. The first-order valence-corrected chi connectivity index (χ1v) is 11.2. The van der Waals surface area contributed by atoms with Gasteiger partial charge in [0.15, 0.2) is 0 Å². The summed E-state index contributed by atoms with van der Waals surface area (Å²) in [7, 11) is -3.63. The maximum absolute atomic E-state index is 12.5. The number of nitrogens with one attached hydrogen (secondary N) is 2. The van der Waals surface area contributed by atoms with E-state index in [4.69, 9.17) is 0 Å². The standard InChI is InChI=1S/C21H25N3O3S/c25-21(22-17-12-14-24(15-13-17)19-10-11-19)16-6-8-18(9-7-16)23-28(26,27)20-4-2-1-3-5-20/h1-9,17,19,23H,10-15H2,(H,22,25). The number of anilines is 1. The lowest BCUT2D eigenvalue weighted by atomic mass is 10.0. The minimum atomic E-state index is -3.63. The van der Waals surface area contributed by atoms with Crippen LogP contribution in [0.2, 0.25) is 0 Å². The van der Waals surface area contributed by atoms with E-state index in [0.717, 1.165) is 32.0 Å². The SMILES string of the molecule is O=C(NC1CCN(C2CC2)CC1)c1ccc(NS(=O)(=O)c2ccccc2)cc1. The molecule has 0 bridgehead atoms. The molecule has 28 heavy (non-hydrogen) atoms. The number of benzene rings is 2. The van der Waals surface area contributed by atoms with E-state index in [2.05, 4.69) is 14.9 Å². The summed E-state index contributed by atoms with van der Waals surface area (Å²) in [4.78, 5) is 15.2. The van der Waals surface area contributed by atoms with Crippen molar-refractivity contribution in [2.45, 2.75) is 42.7 Å². The molecule has 2 fully saturated rings. The predicted octanol–water partition coefficient (Wildman–Crippen LogP) is 2.84. The van der Waals surface area contributed by atoms with Crippen LogP contribution in [-0.4, -0.2) is 44.4 Å². The fourth-order valence-electron chi connectivity index (χ4n) is 3.62. The molecule has 0 aromatic heterocycles. The molecule has 2 N–H and O–H groups in total. The van der Waals surface area contributed by atoms with Gasteiger partial charge in [-0.25, -0.2) is 8.42 Å². The van der Waals surface area contributed by atoms with Gasteiger partial charge in [0.25, 0.3) is 15.9 Å². The van der Waals surface area contributed by atoms with Crippen molar-refractivity contribution in [3.05, 3.63) is 60.2 Å². The lowest BCUT2D eigenvalue weighted by Gasteiger charge is -2.32. The third kappa shape index (κ3) is 4.54. The molecule has 2 aromatic rings. The van der Waals surface area contributed by atoms with Gasteiger partial charge in [0.05, 0.1) is 4.90 Å². The summed E-state index contributed by atoms with van der Waals surface area (Å²) >= 11 is 0. The Morgan fingerprint density at radius 1 is 0.893 bits per heavy atom. The summed E-state index contributed by atoms with van der Waals surface area (Å²) < 4.78 is 27.3. The second kappa shape index (κ2) is 7.93. The van der Waals surface area contributed by atoms with E-state index < -0.39 is 10.0 Å². The number of piperidine rings is 1. The van der Waals surface area contributed by atoms with E-state index in [0.29, 0.717) is 11.3 Å². The van der Waals surface area contributed by atoms with E-state index in [1.54, 1.807) is 54.6 Å². The highest BCUT2D eigenvalue weighted by Crippen LogP contribution is 2.29. The molecule has 2 aliphatic rings. The monoisotopic (exact) mass is 399 g/mol. The lowest BCUT2D eigenvalue weighted by Crippen LogP contribution is -2.45. The average Bonchev–Trinajstić information content (AvgIpc) is 3.55. The molecule has 6 nitrogen and oxygen atoms in total. The fraction of sp³-hybridized carbons (Fsp3) is 0.381. The zero-order chi connectivity index (χ0) is 19.6. The Bertz CT molecular complexity index is 917. The number of hydrogen-bond donors (Lipinski definition) is 2.